The highest BCUT2D eigenvalue weighted by atomic mass is 16.4. The smallest absolute Gasteiger partial charge is 0.335 e. The second-order valence-corrected chi connectivity index (χ2v) is 6.00. The quantitative estimate of drug-likeness (QED) is 0.847. The van der Waals surface area contributed by atoms with Crippen LogP contribution in [0.5, 0.6) is 0 Å². The highest BCUT2D eigenvalue weighted by Crippen LogP contribution is 2.42. The van der Waals surface area contributed by atoms with E-state index in [2.05, 4.69) is 6.92 Å². The number of imide groups is 1. The molecule has 2 amide bonds. The van der Waals surface area contributed by atoms with E-state index in [-0.39, 0.29) is 29.2 Å². The maximum absolute atomic E-state index is 12.5. The van der Waals surface area contributed by atoms with Crippen molar-refractivity contribution in [3.8, 4) is 0 Å². The van der Waals surface area contributed by atoms with Crippen LogP contribution in [0, 0.1) is 17.8 Å². The van der Waals surface area contributed by atoms with Crippen molar-refractivity contribution in [1.29, 1.82) is 0 Å². The number of carboxylic acid groups (broad SMARTS) is 1. The number of fused-ring (bicyclic) bond motifs is 1. The molecular weight excluding hydrogens is 270 g/mol. The zero-order valence-electron chi connectivity index (χ0n) is 11.8. The van der Waals surface area contributed by atoms with Gasteiger partial charge in [-0.3, -0.25) is 14.5 Å². The van der Waals surface area contributed by atoms with Crippen molar-refractivity contribution in [2.45, 2.75) is 26.2 Å². The van der Waals surface area contributed by atoms with E-state index in [0.29, 0.717) is 11.6 Å². The van der Waals surface area contributed by atoms with Crippen molar-refractivity contribution in [2.24, 2.45) is 17.8 Å². The number of nitrogens with zero attached hydrogens (tertiary/aromatic N) is 1. The highest BCUT2D eigenvalue weighted by molar-refractivity contribution is 6.22. The molecule has 1 aromatic carbocycles. The molecule has 1 aliphatic carbocycles. The Morgan fingerprint density at radius 2 is 1.90 bits per heavy atom. The molecule has 1 heterocycles. The van der Waals surface area contributed by atoms with Gasteiger partial charge in [0, 0.05) is 0 Å². The first-order chi connectivity index (χ1) is 9.99. The molecule has 0 spiro atoms. The van der Waals surface area contributed by atoms with Gasteiger partial charge in [0.1, 0.15) is 0 Å². The van der Waals surface area contributed by atoms with Crippen LogP contribution in [0.3, 0.4) is 0 Å². The fourth-order valence-corrected chi connectivity index (χ4v) is 3.42. The van der Waals surface area contributed by atoms with Crippen LogP contribution in [-0.4, -0.2) is 22.9 Å². The average molecular weight is 287 g/mol. The molecule has 21 heavy (non-hydrogen) atoms. The Bertz CT molecular complexity index is 624. The maximum atomic E-state index is 12.5. The lowest BCUT2D eigenvalue weighted by molar-refractivity contribution is -0.122. The summed E-state index contributed by atoms with van der Waals surface area (Å²) in [5.74, 6) is -1.45. The average Bonchev–Trinajstić information content (AvgIpc) is 2.70. The predicted octanol–water partition coefficient (Wildman–Crippen LogP) is 2.31. The first-order valence-electron chi connectivity index (χ1n) is 7.20. The molecule has 5 heteroatoms. The van der Waals surface area contributed by atoms with Crippen LogP contribution in [0.25, 0.3) is 0 Å². The number of hydrogen-bond acceptors (Lipinski definition) is 3. The summed E-state index contributed by atoms with van der Waals surface area (Å²) in [6, 6.07) is 6.01. The van der Waals surface area contributed by atoms with Gasteiger partial charge in [-0.25, -0.2) is 4.79 Å². The van der Waals surface area contributed by atoms with Crippen LogP contribution in [0.1, 0.15) is 36.5 Å². The SMILES string of the molecule is C[C@H]1CC[C@H]2C(=O)N(c3cccc(C(=O)O)c3)C(=O)[C@@H]2C1. The van der Waals surface area contributed by atoms with Crippen molar-refractivity contribution in [3.05, 3.63) is 29.8 Å². The third-order valence-electron chi connectivity index (χ3n) is 4.54. The van der Waals surface area contributed by atoms with Gasteiger partial charge in [-0.05, 0) is 43.4 Å². The van der Waals surface area contributed by atoms with Gasteiger partial charge in [0.05, 0.1) is 23.1 Å². The lowest BCUT2D eigenvalue weighted by atomic mass is 9.76. The van der Waals surface area contributed by atoms with Crippen molar-refractivity contribution in [2.75, 3.05) is 4.90 Å². The molecule has 0 aromatic heterocycles. The summed E-state index contributed by atoms with van der Waals surface area (Å²) in [6.07, 6.45) is 2.44. The zero-order chi connectivity index (χ0) is 15.1. The monoisotopic (exact) mass is 287 g/mol. The number of rotatable bonds is 2. The Morgan fingerprint density at radius 3 is 2.62 bits per heavy atom. The highest BCUT2D eigenvalue weighted by Gasteiger charge is 2.49. The van der Waals surface area contributed by atoms with Crippen LogP contribution in [0.4, 0.5) is 5.69 Å². The summed E-state index contributed by atoms with van der Waals surface area (Å²) in [5.41, 5.74) is 0.447. The first-order valence-corrected chi connectivity index (χ1v) is 7.20. The third kappa shape index (κ3) is 2.22. The standard InChI is InChI=1S/C16H17NO4/c1-9-5-6-12-13(7-9)15(19)17(14(12)18)11-4-2-3-10(8-11)16(20)21/h2-4,8-9,12-13H,5-7H2,1H3,(H,20,21)/t9-,12+,13+/m0/s1. The lowest BCUT2D eigenvalue weighted by Crippen LogP contribution is -2.31. The van der Waals surface area contributed by atoms with E-state index in [1.54, 1.807) is 12.1 Å². The second-order valence-electron chi connectivity index (χ2n) is 6.00. The number of carbonyl (C=O) groups excluding carboxylic acids is 2. The molecule has 1 aliphatic heterocycles. The van der Waals surface area contributed by atoms with Gasteiger partial charge < -0.3 is 5.11 Å². The molecule has 0 radical (unpaired) electrons. The Morgan fingerprint density at radius 1 is 1.19 bits per heavy atom. The summed E-state index contributed by atoms with van der Waals surface area (Å²) < 4.78 is 0. The summed E-state index contributed by atoms with van der Waals surface area (Å²) in [4.78, 5) is 37.2. The van der Waals surface area contributed by atoms with E-state index >= 15 is 0 Å². The molecule has 110 valence electrons. The Hall–Kier alpha value is -2.17. The second kappa shape index (κ2) is 4.98. The molecule has 2 aliphatic rings. The van der Waals surface area contributed by atoms with E-state index in [9.17, 15) is 14.4 Å². The van der Waals surface area contributed by atoms with Crippen LogP contribution in [-0.2, 0) is 9.59 Å². The molecule has 1 N–H and O–H groups in total. The number of carbonyl (C=O) groups is 3. The van der Waals surface area contributed by atoms with Crippen molar-refractivity contribution >= 4 is 23.5 Å². The number of amides is 2. The zero-order valence-corrected chi connectivity index (χ0v) is 11.8. The summed E-state index contributed by atoms with van der Waals surface area (Å²) in [7, 11) is 0. The largest absolute Gasteiger partial charge is 0.478 e. The number of benzene rings is 1. The van der Waals surface area contributed by atoms with E-state index in [1.165, 1.54) is 17.0 Å². The minimum absolute atomic E-state index is 0.0799. The molecule has 1 saturated carbocycles. The molecule has 1 aromatic rings. The van der Waals surface area contributed by atoms with E-state index in [1.807, 2.05) is 0 Å². The van der Waals surface area contributed by atoms with Gasteiger partial charge in [-0.15, -0.1) is 0 Å². The maximum Gasteiger partial charge on any atom is 0.335 e. The number of anilines is 1. The summed E-state index contributed by atoms with van der Waals surface area (Å²) in [5, 5.41) is 9.04. The number of carboxylic acids is 1. The lowest BCUT2D eigenvalue weighted by Gasteiger charge is -2.25. The molecule has 1 saturated heterocycles. The minimum atomic E-state index is -1.07. The Kier molecular flexibility index (Phi) is 3.27. The third-order valence-corrected chi connectivity index (χ3v) is 4.54. The van der Waals surface area contributed by atoms with Crippen LogP contribution in [0.2, 0.25) is 0 Å². The van der Waals surface area contributed by atoms with Gasteiger partial charge in [0.25, 0.3) is 0 Å². The number of aromatic carboxylic acids is 1. The van der Waals surface area contributed by atoms with Crippen molar-refractivity contribution < 1.29 is 19.5 Å². The fraction of sp³-hybridized carbons (Fsp3) is 0.438. The van der Waals surface area contributed by atoms with Gasteiger partial charge in [-0.1, -0.05) is 13.0 Å². The van der Waals surface area contributed by atoms with Crippen LogP contribution < -0.4 is 4.90 Å². The van der Waals surface area contributed by atoms with Gasteiger partial charge >= 0.3 is 5.97 Å². The predicted molar refractivity (Wildman–Crippen MR) is 75.9 cm³/mol. The van der Waals surface area contributed by atoms with Crippen molar-refractivity contribution in [1.82, 2.24) is 0 Å². The van der Waals surface area contributed by atoms with Gasteiger partial charge in [0.2, 0.25) is 11.8 Å². The molecule has 5 nitrogen and oxygen atoms in total. The molecule has 0 unspecified atom stereocenters. The van der Waals surface area contributed by atoms with E-state index < -0.39 is 5.97 Å². The minimum Gasteiger partial charge on any atom is -0.478 e. The molecule has 3 atom stereocenters. The topological polar surface area (TPSA) is 74.7 Å². The molecular formula is C16H17NO4. The number of hydrogen-bond donors (Lipinski definition) is 1. The molecule has 3 rings (SSSR count). The van der Waals surface area contributed by atoms with Gasteiger partial charge in [-0.2, -0.15) is 0 Å². The van der Waals surface area contributed by atoms with Crippen LogP contribution >= 0.6 is 0 Å². The van der Waals surface area contributed by atoms with E-state index in [4.69, 9.17) is 5.11 Å². The summed E-state index contributed by atoms with van der Waals surface area (Å²) in [6.45, 7) is 2.10. The summed E-state index contributed by atoms with van der Waals surface area (Å²) >= 11 is 0. The van der Waals surface area contributed by atoms with Crippen LogP contribution in [0.15, 0.2) is 24.3 Å². The Labute approximate surface area is 122 Å². The molecule has 2 fully saturated rings. The normalized spacial score (nSPS) is 28.6. The van der Waals surface area contributed by atoms with Gasteiger partial charge in [0.15, 0.2) is 0 Å². The Balaban J connectivity index is 1.95. The van der Waals surface area contributed by atoms with E-state index in [0.717, 1.165) is 19.3 Å². The fourth-order valence-electron chi connectivity index (χ4n) is 3.42. The van der Waals surface area contributed by atoms with Crippen molar-refractivity contribution in [3.63, 3.8) is 0 Å². The first kappa shape index (κ1) is 13.8. The molecule has 0 bridgehead atoms.